The lowest BCUT2D eigenvalue weighted by molar-refractivity contribution is 0.0118. The van der Waals surface area contributed by atoms with Crippen LogP contribution in [0.5, 0.6) is 0 Å². The molecule has 0 bridgehead atoms. The third kappa shape index (κ3) is 2.80. The van der Waals surface area contributed by atoms with E-state index in [0.29, 0.717) is 17.9 Å². The molecular formula is C17H16ClN3OS. The van der Waals surface area contributed by atoms with E-state index >= 15 is 0 Å². The predicted octanol–water partition coefficient (Wildman–Crippen LogP) is 3.83. The van der Waals surface area contributed by atoms with E-state index in [-0.39, 0.29) is 0 Å². The van der Waals surface area contributed by atoms with Crippen molar-refractivity contribution in [2.24, 2.45) is 0 Å². The molecule has 1 saturated heterocycles. The summed E-state index contributed by atoms with van der Waals surface area (Å²) in [7, 11) is 0. The Kier molecular flexibility index (Phi) is 3.71. The second-order valence-electron chi connectivity index (χ2n) is 5.87. The van der Waals surface area contributed by atoms with Gasteiger partial charge < -0.3 is 10.0 Å². The van der Waals surface area contributed by atoms with Crippen molar-refractivity contribution >= 4 is 38.3 Å². The summed E-state index contributed by atoms with van der Waals surface area (Å²) in [6.45, 7) is 1.57. The van der Waals surface area contributed by atoms with Gasteiger partial charge in [0.1, 0.15) is 5.52 Å². The summed E-state index contributed by atoms with van der Waals surface area (Å²) in [5.41, 5.74) is 1.10. The van der Waals surface area contributed by atoms with Crippen LogP contribution in [0.4, 0.5) is 5.13 Å². The van der Waals surface area contributed by atoms with Crippen LogP contribution in [0.3, 0.4) is 0 Å². The highest BCUT2D eigenvalue weighted by Crippen LogP contribution is 2.37. The molecule has 0 unspecified atom stereocenters. The Morgan fingerprint density at radius 1 is 1.13 bits per heavy atom. The van der Waals surface area contributed by atoms with Crippen molar-refractivity contribution in [2.45, 2.75) is 18.4 Å². The number of benzene rings is 1. The summed E-state index contributed by atoms with van der Waals surface area (Å²) in [6.07, 6.45) is 4.95. The fourth-order valence-electron chi connectivity index (χ4n) is 3.02. The first-order chi connectivity index (χ1) is 11.1. The predicted molar refractivity (Wildman–Crippen MR) is 94.2 cm³/mol. The van der Waals surface area contributed by atoms with E-state index in [4.69, 9.17) is 11.6 Å². The van der Waals surface area contributed by atoms with E-state index in [1.54, 1.807) is 23.7 Å². The Morgan fingerprint density at radius 2 is 1.87 bits per heavy atom. The number of hydrogen-bond acceptors (Lipinski definition) is 5. The number of rotatable bonds is 2. The number of nitrogens with zero attached hydrogens (tertiary/aromatic N) is 3. The maximum absolute atomic E-state index is 10.9. The van der Waals surface area contributed by atoms with Gasteiger partial charge in [0.05, 0.1) is 16.5 Å². The third-order valence-electron chi connectivity index (χ3n) is 4.42. The highest BCUT2D eigenvalue weighted by atomic mass is 35.5. The van der Waals surface area contributed by atoms with Gasteiger partial charge in [0, 0.05) is 24.3 Å². The van der Waals surface area contributed by atoms with Crippen LogP contribution >= 0.6 is 22.9 Å². The van der Waals surface area contributed by atoms with Crippen molar-refractivity contribution in [3.8, 4) is 0 Å². The first-order valence-corrected chi connectivity index (χ1v) is 8.77. The molecule has 3 heterocycles. The molecule has 0 atom stereocenters. The Balaban J connectivity index is 1.53. The molecule has 2 aromatic heterocycles. The van der Waals surface area contributed by atoms with E-state index in [2.05, 4.69) is 14.9 Å². The number of hydrogen-bond donors (Lipinski definition) is 1. The molecule has 1 aromatic carbocycles. The Bertz CT molecular complexity index is 792. The number of fused-ring (bicyclic) bond motifs is 1. The number of aliphatic hydroxyl groups is 1. The normalized spacial score (nSPS) is 17.6. The largest absolute Gasteiger partial charge is 0.385 e. The van der Waals surface area contributed by atoms with Crippen molar-refractivity contribution in [3.05, 3.63) is 53.3 Å². The molecule has 23 heavy (non-hydrogen) atoms. The summed E-state index contributed by atoms with van der Waals surface area (Å²) in [5.74, 6) is 0. The molecule has 4 nitrogen and oxygen atoms in total. The van der Waals surface area contributed by atoms with Crippen molar-refractivity contribution < 1.29 is 5.11 Å². The maximum Gasteiger partial charge on any atom is 0.186 e. The van der Waals surface area contributed by atoms with Crippen LogP contribution in [0.25, 0.3) is 10.2 Å². The molecular weight excluding hydrogens is 330 g/mol. The van der Waals surface area contributed by atoms with E-state index in [1.165, 1.54) is 0 Å². The van der Waals surface area contributed by atoms with Crippen molar-refractivity contribution in [3.63, 3.8) is 0 Å². The van der Waals surface area contributed by atoms with Gasteiger partial charge in [-0.3, -0.25) is 4.98 Å². The zero-order valence-electron chi connectivity index (χ0n) is 12.4. The number of aromatic nitrogens is 2. The molecule has 1 N–H and O–H groups in total. The number of anilines is 1. The van der Waals surface area contributed by atoms with E-state index in [1.807, 2.05) is 30.3 Å². The fraction of sp³-hybridized carbons (Fsp3) is 0.294. The van der Waals surface area contributed by atoms with Crippen LogP contribution in [0, 0.1) is 0 Å². The zero-order valence-corrected chi connectivity index (χ0v) is 14.0. The SMILES string of the molecule is OC1(c2ccc(Cl)cc2)CCN(c2nc3cnccc3s2)CC1. The highest BCUT2D eigenvalue weighted by Gasteiger charge is 2.34. The van der Waals surface area contributed by atoms with Crippen molar-refractivity contribution in [1.29, 1.82) is 0 Å². The molecule has 0 spiro atoms. The molecule has 3 aromatic rings. The van der Waals surface area contributed by atoms with Crippen LogP contribution in [-0.4, -0.2) is 28.2 Å². The fourth-order valence-corrected chi connectivity index (χ4v) is 4.13. The molecule has 1 aliphatic rings. The van der Waals surface area contributed by atoms with Crippen LogP contribution in [0.15, 0.2) is 42.7 Å². The second-order valence-corrected chi connectivity index (χ2v) is 7.31. The van der Waals surface area contributed by atoms with E-state index < -0.39 is 5.60 Å². The average Bonchev–Trinajstić information content (AvgIpc) is 3.00. The standard InChI is InChI=1S/C17H16ClN3OS/c18-13-3-1-12(2-4-13)17(22)6-9-21(10-7-17)16-20-14-11-19-8-5-15(14)23-16/h1-5,8,11,22H,6-7,9-10H2. The molecule has 6 heteroatoms. The van der Waals surface area contributed by atoms with Crippen LogP contribution in [0.1, 0.15) is 18.4 Å². The Hall–Kier alpha value is -1.69. The second kappa shape index (κ2) is 5.74. The molecule has 0 radical (unpaired) electrons. The quantitative estimate of drug-likeness (QED) is 0.766. The van der Waals surface area contributed by atoms with Gasteiger partial charge in [0.25, 0.3) is 0 Å². The molecule has 118 valence electrons. The molecule has 1 aliphatic heterocycles. The first kappa shape index (κ1) is 14.9. The number of piperidine rings is 1. The molecule has 0 aliphatic carbocycles. The average molecular weight is 346 g/mol. The summed E-state index contributed by atoms with van der Waals surface area (Å²) in [5, 5.41) is 12.6. The number of thiazole rings is 1. The van der Waals surface area contributed by atoms with Gasteiger partial charge in [0.15, 0.2) is 5.13 Å². The van der Waals surface area contributed by atoms with Gasteiger partial charge >= 0.3 is 0 Å². The van der Waals surface area contributed by atoms with Gasteiger partial charge in [-0.1, -0.05) is 35.1 Å². The lowest BCUT2D eigenvalue weighted by Gasteiger charge is -2.38. The lowest BCUT2D eigenvalue weighted by Crippen LogP contribution is -2.42. The molecule has 0 saturated carbocycles. The number of halogens is 1. The van der Waals surface area contributed by atoms with Gasteiger partial charge in [-0.05, 0) is 36.6 Å². The first-order valence-electron chi connectivity index (χ1n) is 7.58. The van der Waals surface area contributed by atoms with Gasteiger partial charge in [0.2, 0.25) is 0 Å². The maximum atomic E-state index is 10.9. The summed E-state index contributed by atoms with van der Waals surface area (Å²) in [4.78, 5) is 11.0. The monoisotopic (exact) mass is 345 g/mol. The van der Waals surface area contributed by atoms with E-state index in [9.17, 15) is 5.11 Å². The van der Waals surface area contributed by atoms with Gasteiger partial charge in [-0.2, -0.15) is 0 Å². The van der Waals surface area contributed by atoms with Crippen molar-refractivity contribution in [2.75, 3.05) is 18.0 Å². The molecule has 1 fully saturated rings. The van der Waals surface area contributed by atoms with E-state index in [0.717, 1.165) is 34.0 Å². The summed E-state index contributed by atoms with van der Waals surface area (Å²) < 4.78 is 1.15. The Morgan fingerprint density at radius 3 is 2.57 bits per heavy atom. The highest BCUT2D eigenvalue weighted by molar-refractivity contribution is 7.22. The molecule has 0 amide bonds. The number of pyridine rings is 1. The minimum Gasteiger partial charge on any atom is -0.385 e. The van der Waals surface area contributed by atoms with Crippen LogP contribution in [-0.2, 0) is 5.60 Å². The minimum absolute atomic E-state index is 0.683. The third-order valence-corrected chi connectivity index (χ3v) is 5.77. The summed E-state index contributed by atoms with van der Waals surface area (Å²) in [6, 6.07) is 9.50. The van der Waals surface area contributed by atoms with Crippen LogP contribution < -0.4 is 4.90 Å². The zero-order chi connectivity index (χ0) is 15.9. The smallest absolute Gasteiger partial charge is 0.186 e. The van der Waals surface area contributed by atoms with Crippen molar-refractivity contribution in [1.82, 2.24) is 9.97 Å². The minimum atomic E-state index is -0.778. The summed E-state index contributed by atoms with van der Waals surface area (Å²) >= 11 is 7.61. The lowest BCUT2D eigenvalue weighted by atomic mass is 9.84. The topological polar surface area (TPSA) is 49.2 Å². The van der Waals surface area contributed by atoms with Gasteiger partial charge in [-0.25, -0.2) is 4.98 Å². The Labute approximate surface area is 143 Å². The van der Waals surface area contributed by atoms with Gasteiger partial charge in [-0.15, -0.1) is 0 Å². The molecule has 4 rings (SSSR count). The van der Waals surface area contributed by atoms with Crippen LogP contribution in [0.2, 0.25) is 5.02 Å².